The van der Waals surface area contributed by atoms with Crippen LogP contribution in [0.3, 0.4) is 0 Å². The van der Waals surface area contributed by atoms with Crippen molar-refractivity contribution in [2.75, 3.05) is 13.6 Å². The molecule has 0 radical (unpaired) electrons. The van der Waals surface area contributed by atoms with Gasteiger partial charge in [0.15, 0.2) is 0 Å². The van der Waals surface area contributed by atoms with Crippen LogP contribution in [0.4, 0.5) is 0 Å². The van der Waals surface area contributed by atoms with Crippen LogP contribution in [-0.4, -0.2) is 28.5 Å². The summed E-state index contributed by atoms with van der Waals surface area (Å²) in [6, 6.07) is 0.903. The lowest BCUT2D eigenvalue weighted by Gasteiger charge is -2.33. The summed E-state index contributed by atoms with van der Waals surface area (Å²) < 4.78 is 0.795. The van der Waals surface area contributed by atoms with Crippen molar-refractivity contribution in [2.45, 2.75) is 56.9 Å². The predicted octanol–water partition coefficient (Wildman–Crippen LogP) is 3.96. The smallest absolute Gasteiger partial charge is 0.0220 e. The van der Waals surface area contributed by atoms with Gasteiger partial charge in [-0.2, -0.15) is 0 Å². The molecule has 2 heteroatoms. The lowest BCUT2D eigenvalue weighted by molar-refractivity contribution is 0.198. The first kappa shape index (κ1) is 13.8. The monoisotopic (exact) mass is 323 g/mol. The largest absolute Gasteiger partial charge is 0.301 e. The fraction of sp³-hybridized carbons (Fsp3) is 1.00. The molecule has 1 heterocycles. The number of alkyl halides is 1. The van der Waals surface area contributed by atoms with Crippen LogP contribution >= 0.6 is 22.6 Å². The minimum Gasteiger partial charge on any atom is -0.301 e. The Morgan fingerprint density at radius 2 is 1.93 bits per heavy atom. The van der Waals surface area contributed by atoms with Gasteiger partial charge in [-0.3, -0.25) is 0 Å². The maximum atomic E-state index is 2.55. The van der Waals surface area contributed by atoms with E-state index < -0.39 is 0 Å². The molecule has 0 N–H and O–H groups in total. The van der Waals surface area contributed by atoms with E-state index in [0.29, 0.717) is 5.41 Å². The molecule has 0 aromatic rings. The van der Waals surface area contributed by atoms with E-state index in [9.17, 15) is 0 Å². The first-order valence-corrected chi connectivity index (χ1v) is 7.42. The first-order valence-electron chi connectivity index (χ1n) is 6.17. The molecule has 0 aromatic heterocycles. The first-order chi connectivity index (χ1) is 6.83. The van der Waals surface area contributed by atoms with Gasteiger partial charge in [-0.1, -0.05) is 50.3 Å². The number of hydrogen-bond donors (Lipinski definition) is 0. The fourth-order valence-electron chi connectivity index (χ4n) is 2.36. The van der Waals surface area contributed by atoms with E-state index in [1.165, 1.54) is 25.8 Å². The summed E-state index contributed by atoms with van der Waals surface area (Å²) in [5, 5.41) is 0. The summed E-state index contributed by atoms with van der Waals surface area (Å²) >= 11 is 2.55. The fourth-order valence-corrected chi connectivity index (χ4v) is 3.49. The Bertz CT molecular complexity index is 201. The van der Waals surface area contributed by atoms with Crippen LogP contribution in [0.15, 0.2) is 0 Å². The molecule has 0 aromatic carbocycles. The molecule has 15 heavy (non-hydrogen) atoms. The van der Waals surface area contributed by atoms with E-state index >= 15 is 0 Å². The van der Waals surface area contributed by atoms with Gasteiger partial charge in [0.25, 0.3) is 0 Å². The number of rotatable bonds is 6. The molecule has 0 bridgehead atoms. The minimum absolute atomic E-state index is 0.508. The van der Waals surface area contributed by atoms with E-state index in [2.05, 4.69) is 62.2 Å². The summed E-state index contributed by atoms with van der Waals surface area (Å²) in [6.07, 6.45) is 4.14. The molecule has 1 fully saturated rings. The summed E-state index contributed by atoms with van der Waals surface area (Å²) in [5.41, 5.74) is 0.508. The lowest BCUT2D eigenvalue weighted by atomic mass is 9.74. The van der Waals surface area contributed by atoms with Crippen molar-refractivity contribution in [1.29, 1.82) is 0 Å². The zero-order chi connectivity index (χ0) is 11.6. The Labute approximate surface area is 109 Å². The highest BCUT2D eigenvalue weighted by Crippen LogP contribution is 2.37. The van der Waals surface area contributed by atoms with Gasteiger partial charge in [-0.05, 0) is 37.6 Å². The van der Waals surface area contributed by atoms with E-state index in [1.807, 2.05) is 0 Å². The summed E-state index contributed by atoms with van der Waals surface area (Å²) in [6.45, 7) is 11.0. The zero-order valence-corrected chi connectivity index (χ0v) is 13.0. The normalized spacial score (nSPS) is 30.0. The number of likely N-dealkylation sites (N-methyl/N-ethyl adjacent to an activating group) is 1. The molecule has 3 unspecified atom stereocenters. The standard InChI is InChI=1S/C13H26IN/c1-10(6-7-12-9-15(12)5)13(3,4)8-11(2)14/h10-12H,6-9H2,1-5H3/t10?,11-,12?,15?/m0/s1. The number of nitrogens with zero attached hydrogens (tertiary/aromatic N) is 1. The van der Waals surface area contributed by atoms with Crippen LogP contribution in [0.5, 0.6) is 0 Å². The van der Waals surface area contributed by atoms with Gasteiger partial charge in [-0.25, -0.2) is 0 Å². The number of hydrogen-bond acceptors (Lipinski definition) is 1. The molecular weight excluding hydrogens is 297 g/mol. The average molecular weight is 323 g/mol. The van der Waals surface area contributed by atoms with Crippen molar-refractivity contribution in [2.24, 2.45) is 11.3 Å². The van der Waals surface area contributed by atoms with Crippen molar-refractivity contribution in [3.63, 3.8) is 0 Å². The topological polar surface area (TPSA) is 3.01 Å². The van der Waals surface area contributed by atoms with Gasteiger partial charge in [-0.15, -0.1) is 0 Å². The molecule has 1 aliphatic rings. The third kappa shape index (κ3) is 4.59. The molecule has 0 spiro atoms. The van der Waals surface area contributed by atoms with Crippen LogP contribution in [-0.2, 0) is 0 Å². The zero-order valence-electron chi connectivity index (χ0n) is 10.9. The molecule has 1 nitrogen and oxygen atoms in total. The number of halogens is 1. The summed E-state index contributed by atoms with van der Waals surface area (Å²) in [4.78, 5) is 2.45. The minimum atomic E-state index is 0.508. The molecule has 4 atom stereocenters. The molecule has 90 valence electrons. The van der Waals surface area contributed by atoms with Crippen LogP contribution < -0.4 is 0 Å². The Morgan fingerprint density at radius 3 is 2.33 bits per heavy atom. The molecular formula is C13H26IN. The maximum Gasteiger partial charge on any atom is 0.0220 e. The summed E-state index contributed by atoms with van der Waals surface area (Å²) in [7, 11) is 2.23. The van der Waals surface area contributed by atoms with Crippen LogP contribution in [0.1, 0.15) is 47.0 Å². The quantitative estimate of drug-likeness (QED) is 0.406. The third-order valence-electron chi connectivity index (χ3n) is 4.06. The van der Waals surface area contributed by atoms with Gasteiger partial charge in [0.2, 0.25) is 0 Å². The van der Waals surface area contributed by atoms with Crippen LogP contribution in [0.25, 0.3) is 0 Å². The van der Waals surface area contributed by atoms with E-state index in [-0.39, 0.29) is 0 Å². The molecule has 1 aliphatic heterocycles. The second kappa shape index (κ2) is 5.35. The Morgan fingerprint density at radius 1 is 1.40 bits per heavy atom. The van der Waals surface area contributed by atoms with Gasteiger partial charge < -0.3 is 4.90 Å². The lowest BCUT2D eigenvalue weighted by Crippen LogP contribution is -2.24. The molecule has 1 rings (SSSR count). The summed E-state index contributed by atoms with van der Waals surface area (Å²) in [5.74, 6) is 0.851. The van der Waals surface area contributed by atoms with Crippen molar-refractivity contribution in [1.82, 2.24) is 4.90 Å². The van der Waals surface area contributed by atoms with E-state index in [4.69, 9.17) is 0 Å². The van der Waals surface area contributed by atoms with Crippen LogP contribution in [0, 0.1) is 11.3 Å². The maximum absolute atomic E-state index is 2.55. The Balaban J connectivity index is 2.27. The Kier molecular flexibility index (Phi) is 4.90. The average Bonchev–Trinajstić information content (AvgIpc) is 2.75. The van der Waals surface area contributed by atoms with Crippen molar-refractivity contribution < 1.29 is 0 Å². The second-order valence-corrected chi connectivity index (χ2v) is 8.17. The SMILES string of the molecule is CC(CCC1CN1C)C(C)(C)C[C@H](C)I. The highest BCUT2D eigenvalue weighted by Gasteiger charge is 2.32. The van der Waals surface area contributed by atoms with E-state index in [1.54, 1.807) is 0 Å². The van der Waals surface area contributed by atoms with Gasteiger partial charge in [0.1, 0.15) is 0 Å². The molecule has 0 amide bonds. The van der Waals surface area contributed by atoms with Crippen molar-refractivity contribution in [3.05, 3.63) is 0 Å². The highest BCUT2D eigenvalue weighted by molar-refractivity contribution is 14.1. The Hall–Kier alpha value is 0.690. The van der Waals surface area contributed by atoms with Crippen LogP contribution in [0.2, 0.25) is 0 Å². The highest BCUT2D eigenvalue weighted by atomic mass is 127. The van der Waals surface area contributed by atoms with Gasteiger partial charge in [0.05, 0.1) is 0 Å². The van der Waals surface area contributed by atoms with E-state index in [0.717, 1.165) is 15.9 Å². The molecule has 1 saturated heterocycles. The van der Waals surface area contributed by atoms with Crippen molar-refractivity contribution in [3.8, 4) is 0 Å². The second-order valence-electron chi connectivity index (χ2n) is 6.05. The third-order valence-corrected chi connectivity index (χ3v) is 4.50. The molecule has 0 saturated carbocycles. The van der Waals surface area contributed by atoms with Crippen molar-refractivity contribution >= 4 is 22.6 Å². The molecule has 0 aliphatic carbocycles. The predicted molar refractivity (Wildman–Crippen MR) is 76.7 cm³/mol. The van der Waals surface area contributed by atoms with Gasteiger partial charge >= 0.3 is 0 Å². The van der Waals surface area contributed by atoms with Gasteiger partial charge in [0, 0.05) is 16.5 Å².